The summed E-state index contributed by atoms with van der Waals surface area (Å²) in [5.41, 5.74) is 2.05. The van der Waals surface area contributed by atoms with Crippen LogP contribution in [0.15, 0.2) is 46.9 Å². The molecule has 3 heteroatoms. The predicted octanol–water partition coefficient (Wildman–Crippen LogP) is 4.86. The number of ether oxygens (including phenoxy) is 1. The van der Waals surface area contributed by atoms with Crippen LogP contribution in [-0.2, 0) is 6.61 Å². The minimum absolute atomic E-state index is 0.0428. The van der Waals surface area contributed by atoms with Gasteiger partial charge < -0.3 is 9.84 Å². The second-order valence-corrected chi connectivity index (χ2v) is 5.65. The molecule has 0 amide bonds. The highest BCUT2D eigenvalue weighted by atomic mass is 79.9. The maximum Gasteiger partial charge on any atom is 0.133 e. The molecule has 0 heterocycles. The molecule has 0 fully saturated rings. The lowest BCUT2D eigenvalue weighted by molar-refractivity contribution is 0.276. The van der Waals surface area contributed by atoms with Crippen molar-refractivity contribution in [2.75, 3.05) is 0 Å². The van der Waals surface area contributed by atoms with Crippen LogP contribution in [0.2, 0.25) is 0 Å². The first-order valence-corrected chi connectivity index (χ1v) is 7.06. The number of benzene rings is 2. The van der Waals surface area contributed by atoms with Crippen LogP contribution in [0.25, 0.3) is 0 Å². The Morgan fingerprint density at radius 3 is 2.37 bits per heavy atom. The van der Waals surface area contributed by atoms with Crippen LogP contribution in [0.4, 0.5) is 0 Å². The van der Waals surface area contributed by atoms with Gasteiger partial charge in [-0.2, -0.15) is 0 Å². The van der Waals surface area contributed by atoms with Gasteiger partial charge in [-0.15, -0.1) is 0 Å². The molecule has 100 valence electrons. The first kappa shape index (κ1) is 14.1. The first-order chi connectivity index (χ1) is 9.10. The molecule has 0 unspecified atom stereocenters. The third kappa shape index (κ3) is 3.58. The van der Waals surface area contributed by atoms with E-state index in [4.69, 9.17) is 4.74 Å². The fourth-order valence-electron chi connectivity index (χ4n) is 1.82. The summed E-state index contributed by atoms with van der Waals surface area (Å²) >= 11 is 3.38. The zero-order valence-electron chi connectivity index (χ0n) is 11.1. The van der Waals surface area contributed by atoms with E-state index in [0.29, 0.717) is 11.7 Å². The lowest BCUT2D eigenvalue weighted by Gasteiger charge is -2.11. The quantitative estimate of drug-likeness (QED) is 0.871. The van der Waals surface area contributed by atoms with E-state index < -0.39 is 0 Å². The normalized spacial score (nSPS) is 10.8. The molecule has 0 saturated carbocycles. The van der Waals surface area contributed by atoms with E-state index in [1.54, 1.807) is 0 Å². The van der Waals surface area contributed by atoms with Gasteiger partial charge in [-0.1, -0.05) is 41.9 Å². The molecule has 0 atom stereocenters. The van der Waals surface area contributed by atoms with E-state index in [9.17, 15) is 5.11 Å². The van der Waals surface area contributed by atoms with Gasteiger partial charge >= 0.3 is 0 Å². The molecule has 0 aromatic heterocycles. The van der Waals surface area contributed by atoms with Crippen molar-refractivity contribution in [1.82, 2.24) is 0 Å². The third-order valence-electron chi connectivity index (χ3n) is 2.97. The average molecular weight is 321 g/mol. The summed E-state index contributed by atoms with van der Waals surface area (Å²) in [5, 5.41) is 9.34. The molecule has 19 heavy (non-hydrogen) atoms. The molecule has 1 N–H and O–H groups in total. The molecule has 0 aliphatic rings. The average Bonchev–Trinajstić information content (AvgIpc) is 2.41. The third-order valence-corrected chi connectivity index (χ3v) is 3.46. The molecule has 0 aliphatic carbocycles. The van der Waals surface area contributed by atoms with Gasteiger partial charge in [0.2, 0.25) is 0 Å². The minimum atomic E-state index is -0.0428. The standard InChI is InChI=1S/C16H17BrO2/c1-11(2)12-3-6-15(7-4-12)19-16-8-5-14(17)9-13(16)10-18/h3-9,11,18H,10H2,1-2H3. The second-order valence-electron chi connectivity index (χ2n) is 4.74. The Hall–Kier alpha value is -1.32. The molecule has 2 nitrogen and oxygen atoms in total. The van der Waals surface area contributed by atoms with Crippen LogP contribution in [0.5, 0.6) is 11.5 Å². The first-order valence-electron chi connectivity index (χ1n) is 6.27. The van der Waals surface area contributed by atoms with E-state index in [-0.39, 0.29) is 6.61 Å². The Labute approximate surface area is 122 Å². The number of hydrogen-bond donors (Lipinski definition) is 1. The fraction of sp³-hybridized carbons (Fsp3) is 0.250. The summed E-state index contributed by atoms with van der Waals surface area (Å²) < 4.78 is 6.74. The molecule has 0 radical (unpaired) electrons. The highest BCUT2D eigenvalue weighted by molar-refractivity contribution is 9.10. The maximum atomic E-state index is 9.34. The SMILES string of the molecule is CC(C)c1ccc(Oc2ccc(Br)cc2CO)cc1. The van der Waals surface area contributed by atoms with Crippen molar-refractivity contribution in [1.29, 1.82) is 0 Å². The molecule has 0 spiro atoms. The lowest BCUT2D eigenvalue weighted by Crippen LogP contribution is -1.92. The van der Waals surface area contributed by atoms with Crippen molar-refractivity contribution < 1.29 is 9.84 Å². The van der Waals surface area contributed by atoms with Crippen molar-refractivity contribution in [3.05, 3.63) is 58.1 Å². The fourth-order valence-corrected chi connectivity index (χ4v) is 2.23. The van der Waals surface area contributed by atoms with Crippen LogP contribution >= 0.6 is 15.9 Å². The molecular formula is C16H17BrO2. The van der Waals surface area contributed by atoms with Gasteiger partial charge in [0.25, 0.3) is 0 Å². The van der Waals surface area contributed by atoms with Gasteiger partial charge in [0.05, 0.1) is 6.61 Å². The van der Waals surface area contributed by atoms with Crippen molar-refractivity contribution in [3.8, 4) is 11.5 Å². The number of halogens is 1. The van der Waals surface area contributed by atoms with Crippen molar-refractivity contribution >= 4 is 15.9 Å². The molecule has 2 rings (SSSR count). The number of aliphatic hydroxyl groups excluding tert-OH is 1. The highest BCUT2D eigenvalue weighted by Crippen LogP contribution is 2.29. The predicted molar refractivity (Wildman–Crippen MR) is 80.7 cm³/mol. The maximum absolute atomic E-state index is 9.34. The van der Waals surface area contributed by atoms with Crippen LogP contribution in [0, 0.1) is 0 Å². The smallest absolute Gasteiger partial charge is 0.133 e. The summed E-state index contributed by atoms with van der Waals surface area (Å²) in [6.45, 7) is 4.28. The summed E-state index contributed by atoms with van der Waals surface area (Å²) in [4.78, 5) is 0. The van der Waals surface area contributed by atoms with Crippen LogP contribution in [0.3, 0.4) is 0 Å². The minimum Gasteiger partial charge on any atom is -0.457 e. The van der Waals surface area contributed by atoms with Crippen molar-refractivity contribution in [2.24, 2.45) is 0 Å². The Morgan fingerprint density at radius 2 is 1.79 bits per heavy atom. The van der Waals surface area contributed by atoms with Crippen molar-refractivity contribution in [2.45, 2.75) is 26.4 Å². The highest BCUT2D eigenvalue weighted by Gasteiger charge is 2.06. The topological polar surface area (TPSA) is 29.5 Å². The van der Waals surface area contributed by atoms with Crippen molar-refractivity contribution in [3.63, 3.8) is 0 Å². The lowest BCUT2D eigenvalue weighted by atomic mass is 10.0. The molecular weight excluding hydrogens is 304 g/mol. The monoisotopic (exact) mass is 320 g/mol. The van der Waals surface area contributed by atoms with Gasteiger partial charge in [-0.05, 0) is 41.8 Å². The van der Waals surface area contributed by atoms with Gasteiger partial charge in [-0.3, -0.25) is 0 Å². The second kappa shape index (κ2) is 6.22. The Morgan fingerprint density at radius 1 is 1.11 bits per heavy atom. The van der Waals surface area contributed by atoms with Crippen LogP contribution in [-0.4, -0.2) is 5.11 Å². The van der Waals surface area contributed by atoms with Gasteiger partial charge in [0.1, 0.15) is 11.5 Å². The summed E-state index contributed by atoms with van der Waals surface area (Å²) in [6, 6.07) is 13.7. The van der Waals surface area contributed by atoms with E-state index in [2.05, 4.69) is 41.9 Å². The Kier molecular flexibility index (Phi) is 4.61. The van der Waals surface area contributed by atoms with E-state index in [1.807, 2.05) is 30.3 Å². The Balaban J connectivity index is 2.21. The summed E-state index contributed by atoms with van der Waals surface area (Å²) in [6.07, 6.45) is 0. The molecule has 2 aromatic carbocycles. The largest absolute Gasteiger partial charge is 0.457 e. The van der Waals surface area contributed by atoms with E-state index >= 15 is 0 Å². The summed E-state index contributed by atoms with van der Waals surface area (Å²) in [7, 11) is 0. The number of aliphatic hydroxyl groups is 1. The van der Waals surface area contributed by atoms with E-state index in [1.165, 1.54) is 5.56 Å². The van der Waals surface area contributed by atoms with Gasteiger partial charge in [0, 0.05) is 10.0 Å². The summed E-state index contributed by atoms with van der Waals surface area (Å²) in [5.74, 6) is 1.97. The molecule has 0 bridgehead atoms. The number of rotatable bonds is 4. The Bertz CT molecular complexity index is 547. The van der Waals surface area contributed by atoms with Crippen LogP contribution < -0.4 is 4.74 Å². The zero-order valence-corrected chi connectivity index (χ0v) is 12.6. The molecule has 0 aliphatic heterocycles. The number of hydrogen-bond acceptors (Lipinski definition) is 2. The van der Waals surface area contributed by atoms with Gasteiger partial charge in [0.15, 0.2) is 0 Å². The molecule has 2 aromatic rings. The van der Waals surface area contributed by atoms with E-state index in [0.717, 1.165) is 15.8 Å². The van der Waals surface area contributed by atoms with Gasteiger partial charge in [-0.25, -0.2) is 0 Å². The van der Waals surface area contributed by atoms with Crippen LogP contribution in [0.1, 0.15) is 30.9 Å². The zero-order chi connectivity index (χ0) is 13.8. The molecule has 0 saturated heterocycles.